The summed E-state index contributed by atoms with van der Waals surface area (Å²) < 4.78 is 0. The van der Waals surface area contributed by atoms with Gasteiger partial charge in [-0.1, -0.05) is 24.3 Å². The SMILES string of the molecule is Cc1ccccc1[C@H](C)NC(=O)c1ccc2c(c1)CN(C1CCC(=O)NC1=O)C2=O. The lowest BCUT2D eigenvalue weighted by atomic mass is 10.0. The number of aryl methyl sites for hydroxylation is 1. The highest BCUT2D eigenvalue weighted by atomic mass is 16.2. The summed E-state index contributed by atoms with van der Waals surface area (Å²) in [6.07, 6.45) is 0.520. The molecule has 7 nitrogen and oxygen atoms in total. The van der Waals surface area contributed by atoms with Crippen LogP contribution in [0.25, 0.3) is 0 Å². The summed E-state index contributed by atoms with van der Waals surface area (Å²) in [5.41, 5.74) is 3.81. The zero-order valence-corrected chi connectivity index (χ0v) is 16.9. The van der Waals surface area contributed by atoms with E-state index in [1.54, 1.807) is 18.2 Å². The van der Waals surface area contributed by atoms with Crippen LogP contribution in [0.5, 0.6) is 0 Å². The van der Waals surface area contributed by atoms with E-state index in [1.165, 1.54) is 4.90 Å². The van der Waals surface area contributed by atoms with E-state index in [0.717, 1.165) is 11.1 Å². The van der Waals surface area contributed by atoms with Gasteiger partial charge in [0.25, 0.3) is 11.8 Å². The fourth-order valence-corrected chi connectivity index (χ4v) is 4.15. The van der Waals surface area contributed by atoms with E-state index in [9.17, 15) is 19.2 Å². The van der Waals surface area contributed by atoms with Crippen molar-refractivity contribution in [3.05, 3.63) is 70.3 Å². The summed E-state index contributed by atoms with van der Waals surface area (Å²) >= 11 is 0. The molecule has 4 rings (SSSR count). The molecule has 2 aliphatic rings. The predicted molar refractivity (Wildman–Crippen MR) is 110 cm³/mol. The van der Waals surface area contributed by atoms with Crippen molar-refractivity contribution in [1.82, 2.24) is 15.5 Å². The fraction of sp³-hybridized carbons (Fsp3) is 0.304. The number of amides is 4. The van der Waals surface area contributed by atoms with Crippen LogP contribution in [0.4, 0.5) is 0 Å². The van der Waals surface area contributed by atoms with Gasteiger partial charge in [0.05, 0.1) is 6.04 Å². The number of benzene rings is 2. The number of piperidine rings is 1. The third-order valence-electron chi connectivity index (χ3n) is 5.79. The summed E-state index contributed by atoms with van der Waals surface area (Å²) in [6.45, 7) is 4.18. The van der Waals surface area contributed by atoms with E-state index in [1.807, 2.05) is 38.1 Å². The van der Waals surface area contributed by atoms with Crippen LogP contribution in [-0.4, -0.2) is 34.6 Å². The molecule has 2 aromatic rings. The van der Waals surface area contributed by atoms with Gasteiger partial charge in [0.1, 0.15) is 6.04 Å². The second-order valence-electron chi connectivity index (χ2n) is 7.82. The van der Waals surface area contributed by atoms with E-state index in [0.29, 0.717) is 23.1 Å². The molecule has 2 aliphatic heterocycles. The number of carbonyl (C=O) groups is 4. The first-order valence-corrected chi connectivity index (χ1v) is 9.99. The van der Waals surface area contributed by atoms with Crippen molar-refractivity contribution >= 4 is 23.6 Å². The number of hydrogen-bond acceptors (Lipinski definition) is 4. The van der Waals surface area contributed by atoms with Gasteiger partial charge in [-0.25, -0.2) is 0 Å². The van der Waals surface area contributed by atoms with Gasteiger partial charge in [0, 0.05) is 24.1 Å². The maximum atomic E-state index is 12.8. The van der Waals surface area contributed by atoms with E-state index in [4.69, 9.17) is 0 Å². The first-order chi connectivity index (χ1) is 14.3. The maximum Gasteiger partial charge on any atom is 0.255 e. The Labute approximate surface area is 174 Å². The lowest BCUT2D eigenvalue weighted by Crippen LogP contribution is -2.52. The molecular weight excluding hydrogens is 382 g/mol. The van der Waals surface area contributed by atoms with Crippen LogP contribution in [0, 0.1) is 6.92 Å². The van der Waals surface area contributed by atoms with Crippen LogP contribution in [-0.2, 0) is 16.1 Å². The van der Waals surface area contributed by atoms with Crippen LogP contribution >= 0.6 is 0 Å². The summed E-state index contributed by atoms with van der Waals surface area (Å²) in [6, 6.07) is 12.0. The first-order valence-electron chi connectivity index (χ1n) is 9.99. The smallest absolute Gasteiger partial charge is 0.255 e. The molecule has 2 heterocycles. The minimum Gasteiger partial charge on any atom is -0.346 e. The average Bonchev–Trinajstić information content (AvgIpc) is 3.04. The van der Waals surface area contributed by atoms with Gasteiger partial charge in [0.15, 0.2) is 0 Å². The number of fused-ring (bicyclic) bond motifs is 1. The van der Waals surface area contributed by atoms with Crippen LogP contribution < -0.4 is 10.6 Å². The largest absolute Gasteiger partial charge is 0.346 e. The Hall–Kier alpha value is -3.48. The quantitative estimate of drug-likeness (QED) is 0.763. The number of carbonyl (C=O) groups excluding carboxylic acids is 4. The van der Waals surface area contributed by atoms with E-state index < -0.39 is 11.9 Å². The highest BCUT2D eigenvalue weighted by Gasteiger charge is 2.39. The van der Waals surface area contributed by atoms with Gasteiger partial charge in [-0.3, -0.25) is 24.5 Å². The number of rotatable bonds is 4. The third kappa shape index (κ3) is 3.58. The first kappa shape index (κ1) is 19.8. The molecule has 30 heavy (non-hydrogen) atoms. The Bertz CT molecular complexity index is 1060. The van der Waals surface area contributed by atoms with Crippen LogP contribution in [0.1, 0.15) is 63.2 Å². The third-order valence-corrected chi connectivity index (χ3v) is 5.79. The monoisotopic (exact) mass is 405 g/mol. The molecule has 0 aliphatic carbocycles. The Morgan fingerprint density at radius 2 is 1.93 bits per heavy atom. The van der Waals surface area contributed by atoms with Gasteiger partial charge in [-0.05, 0) is 55.2 Å². The summed E-state index contributed by atoms with van der Waals surface area (Å²) in [5, 5.41) is 5.29. The summed E-state index contributed by atoms with van der Waals surface area (Å²) in [4.78, 5) is 50.6. The molecule has 1 fully saturated rings. The van der Waals surface area contributed by atoms with Gasteiger partial charge in [-0.15, -0.1) is 0 Å². The number of imide groups is 1. The van der Waals surface area contributed by atoms with E-state index in [-0.39, 0.29) is 36.7 Å². The summed E-state index contributed by atoms with van der Waals surface area (Å²) in [5.74, 6) is -1.24. The Morgan fingerprint density at radius 1 is 1.17 bits per heavy atom. The highest BCUT2D eigenvalue weighted by Crippen LogP contribution is 2.28. The molecule has 0 spiro atoms. The average molecular weight is 405 g/mol. The molecule has 7 heteroatoms. The molecule has 2 N–H and O–H groups in total. The zero-order chi connectivity index (χ0) is 21.4. The van der Waals surface area contributed by atoms with Crippen molar-refractivity contribution in [2.45, 2.75) is 45.3 Å². The molecule has 2 atom stereocenters. The number of hydrogen-bond donors (Lipinski definition) is 2. The second-order valence-corrected chi connectivity index (χ2v) is 7.82. The van der Waals surface area contributed by atoms with E-state index >= 15 is 0 Å². The minimum absolute atomic E-state index is 0.159. The molecule has 4 amide bonds. The molecule has 0 aromatic heterocycles. The molecule has 1 saturated heterocycles. The van der Waals surface area contributed by atoms with Crippen molar-refractivity contribution in [2.75, 3.05) is 0 Å². The molecule has 0 radical (unpaired) electrons. The highest BCUT2D eigenvalue weighted by molar-refractivity contribution is 6.06. The lowest BCUT2D eigenvalue weighted by molar-refractivity contribution is -0.136. The summed E-state index contributed by atoms with van der Waals surface area (Å²) in [7, 11) is 0. The second kappa shape index (κ2) is 7.74. The van der Waals surface area contributed by atoms with Crippen molar-refractivity contribution in [2.24, 2.45) is 0 Å². The van der Waals surface area contributed by atoms with E-state index in [2.05, 4.69) is 10.6 Å². The van der Waals surface area contributed by atoms with Gasteiger partial charge in [0.2, 0.25) is 11.8 Å². The van der Waals surface area contributed by atoms with Crippen LogP contribution in [0.15, 0.2) is 42.5 Å². The lowest BCUT2D eigenvalue weighted by Gasteiger charge is -2.29. The standard InChI is InChI=1S/C23H23N3O4/c1-13-5-3-4-6-17(13)14(2)24-21(28)15-7-8-18-16(11-15)12-26(23(18)30)19-9-10-20(27)25-22(19)29/h3-8,11,14,19H,9-10,12H2,1-2H3,(H,24,28)(H,25,27,29)/t14-,19?/m0/s1. The molecule has 0 bridgehead atoms. The van der Waals surface area contributed by atoms with Gasteiger partial charge in [-0.2, -0.15) is 0 Å². The Morgan fingerprint density at radius 3 is 2.67 bits per heavy atom. The topological polar surface area (TPSA) is 95.6 Å². The number of nitrogens with one attached hydrogen (secondary N) is 2. The van der Waals surface area contributed by atoms with Crippen molar-refractivity contribution in [3.63, 3.8) is 0 Å². The molecule has 2 aromatic carbocycles. The fourth-order valence-electron chi connectivity index (χ4n) is 4.15. The Balaban J connectivity index is 1.50. The van der Waals surface area contributed by atoms with Crippen molar-refractivity contribution < 1.29 is 19.2 Å². The van der Waals surface area contributed by atoms with Crippen molar-refractivity contribution in [1.29, 1.82) is 0 Å². The van der Waals surface area contributed by atoms with Crippen LogP contribution in [0.2, 0.25) is 0 Å². The normalized spacial score (nSPS) is 19.3. The molecule has 1 unspecified atom stereocenters. The molecule has 154 valence electrons. The van der Waals surface area contributed by atoms with Crippen molar-refractivity contribution in [3.8, 4) is 0 Å². The predicted octanol–water partition coefficient (Wildman–Crippen LogP) is 2.25. The Kier molecular flexibility index (Phi) is 5.11. The van der Waals surface area contributed by atoms with Gasteiger partial charge < -0.3 is 10.2 Å². The van der Waals surface area contributed by atoms with Gasteiger partial charge >= 0.3 is 0 Å². The molecule has 0 saturated carbocycles. The number of nitrogens with zero attached hydrogens (tertiary/aromatic N) is 1. The zero-order valence-electron chi connectivity index (χ0n) is 16.9. The maximum absolute atomic E-state index is 12.8. The van der Waals surface area contributed by atoms with Crippen LogP contribution in [0.3, 0.4) is 0 Å². The molecular formula is C23H23N3O4. The minimum atomic E-state index is -0.666.